The van der Waals surface area contributed by atoms with Gasteiger partial charge in [-0.1, -0.05) is 24.3 Å². The Bertz CT molecular complexity index is 1090. The fourth-order valence-electron chi connectivity index (χ4n) is 3.32. The lowest BCUT2D eigenvalue weighted by Crippen LogP contribution is -2.30. The molecule has 3 heteroatoms. The molecule has 4 heterocycles. The van der Waals surface area contributed by atoms with Gasteiger partial charge in [-0.2, -0.15) is 0 Å². The maximum Gasteiger partial charge on any atom is 0.273 e. The van der Waals surface area contributed by atoms with E-state index < -0.39 is 6.98 Å². The number of pyridine rings is 1. The summed E-state index contributed by atoms with van der Waals surface area (Å²) in [4.78, 5) is 0. The quantitative estimate of drug-likeness (QED) is 0.381. The lowest BCUT2D eigenvalue weighted by molar-refractivity contribution is -0.636. The zero-order chi connectivity index (χ0) is 15.8. The van der Waals surface area contributed by atoms with E-state index in [1.54, 1.807) is 0 Å². The Labute approximate surface area is 120 Å². The van der Waals surface area contributed by atoms with Crippen molar-refractivity contribution in [3.05, 3.63) is 60.3 Å². The summed E-state index contributed by atoms with van der Waals surface area (Å²) in [7, 11) is 0. The van der Waals surface area contributed by atoms with Crippen LogP contribution in [0, 0.1) is 0 Å². The second-order valence-electron chi connectivity index (χ2n) is 5.25. The molecule has 3 nitrogen and oxygen atoms in total. The first kappa shape index (κ1) is 7.90. The van der Waals surface area contributed by atoms with Gasteiger partial charge in [-0.25, -0.2) is 13.5 Å². The van der Waals surface area contributed by atoms with E-state index in [1.807, 2.05) is 47.0 Å². The second kappa shape index (κ2) is 3.31. The van der Waals surface area contributed by atoms with Crippen LogP contribution in [-0.2, 0) is 13.5 Å². The summed E-state index contributed by atoms with van der Waals surface area (Å²) in [6.45, 7) is -1.53. The van der Waals surface area contributed by atoms with Crippen molar-refractivity contribution in [2.75, 3.05) is 0 Å². The van der Waals surface area contributed by atoms with Gasteiger partial charge in [-0.3, -0.25) is 0 Å². The third-order valence-electron chi connectivity index (χ3n) is 4.19. The zero-order valence-electron chi connectivity index (χ0n) is 13.7. The first-order valence-corrected chi connectivity index (χ1v) is 6.69. The van der Waals surface area contributed by atoms with Crippen LogP contribution in [0.3, 0.4) is 0 Å². The van der Waals surface area contributed by atoms with E-state index in [1.165, 1.54) is 4.57 Å². The Kier molecular flexibility index (Phi) is 1.31. The molecular formula is C17H14N3+. The van der Waals surface area contributed by atoms with Gasteiger partial charge < -0.3 is 0 Å². The molecule has 0 radical (unpaired) electrons. The molecule has 1 aliphatic rings. The van der Waals surface area contributed by atoms with Crippen molar-refractivity contribution in [2.24, 2.45) is 6.98 Å². The topological polar surface area (TPSA) is 13.2 Å². The molecule has 1 aliphatic heterocycles. The van der Waals surface area contributed by atoms with E-state index in [0.29, 0.717) is 6.54 Å². The predicted octanol–water partition coefficient (Wildman–Crippen LogP) is 2.75. The van der Waals surface area contributed by atoms with Crippen molar-refractivity contribution in [3.8, 4) is 11.4 Å². The van der Waals surface area contributed by atoms with E-state index in [4.69, 9.17) is 4.11 Å². The Morgan fingerprint density at radius 3 is 3.00 bits per heavy atom. The maximum atomic E-state index is 8.07. The van der Waals surface area contributed by atoms with Gasteiger partial charge in [-0.15, -0.1) is 0 Å². The average molecular weight is 263 g/mol. The minimum atomic E-state index is -2.24. The number of fused-ring (bicyclic) bond motifs is 7. The van der Waals surface area contributed by atoms with Crippen molar-refractivity contribution >= 4 is 16.7 Å². The highest BCUT2D eigenvalue weighted by atomic mass is 15.2. The summed E-state index contributed by atoms with van der Waals surface area (Å²) in [5, 5.41) is 0. The molecule has 0 saturated heterocycles. The molecule has 5 rings (SSSR count). The van der Waals surface area contributed by atoms with Crippen LogP contribution < -0.4 is 4.57 Å². The molecule has 0 amide bonds. The van der Waals surface area contributed by atoms with Crippen molar-refractivity contribution in [2.45, 2.75) is 6.54 Å². The first-order chi connectivity index (χ1) is 11.1. The van der Waals surface area contributed by atoms with E-state index >= 15 is 0 Å². The first-order valence-electron chi connectivity index (χ1n) is 8.19. The molecule has 0 bridgehead atoms. The molecule has 0 saturated carbocycles. The van der Waals surface area contributed by atoms with Crippen LogP contribution >= 0.6 is 0 Å². The Morgan fingerprint density at radius 1 is 1.15 bits per heavy atom. The summed E-state index contributed by atoms with van der Waals surface area (Å²) in [5.74, 6) is 0.767. The summed E-state index contributed by atoms with van der Waals surface area (Å²) in [6.07, 6.45) is 1.92. The largest absolute Gasteiger partial charge is 0.273 e. The summed E-state index contributed by atoms with van der Waals surface area (Å²) in [6, 6.07) is 16.0. The number of aryl methyl sites for hydroxylation is 1. The SMILES string of the molecule is [2H]C([2H])([2H])[n+]1c2n(c3cc4ccccn4c31)Cc1ccccc1-2. The molecule has 0 unspecified atom stereocenters. The van der Waals surface area contributed by atoms with Crippen molar-refractivity contribution in [1.29, 1.82) is 0 Å². The van der Waals surface area contributed by atoms with Gasteiger partial charge in [0.25, 0.3) is 5.65 Å². The van der Waals surface area contributed by atoms with Gasteiger partial charge in [0.15, 0.2) is 5.52 Å². The van der Waals surface area contributed by atoms with Gasteiger partial charge in [-0.05, 0) is 23.8 Å². The second-order valence-corrected chi connectivity index (χ2v) is 5.25. The van der Waals surface area contributed by atoms with Crippen molar-refractivity contribution < 1.29 is 8.68 Å². The zero-order valence-corrected chi connectivity index (χ0v) is 10.7. The molecular weight excluding hydrogens is 246 g/mol. The van der Waals surface area contributed by atoms with Gasteiger partial charge in [0.1, 0.15) is 5.52 Å². The lowest BCUT2D eigenvalue weighted by Gasteiger charge is -1.97. The summed E-state index contributed by atoms with van der Waals surface area (Å²) in [5.41, 5.74) is 4.85. The number of imidazole rings is 1. The number of aromatic nitrogens is 3. The molecule has 3 aromatic heterocycles. The third kappa shape index (κ3) is 1.05. The van der Waals surface area contributed by atoms with E-state index in [9.17, 15) is 0 Å². The molecule has 20 heavy (non-hydrogen) atoms. The predicted molar refractivity (Wildman–Crippen MR) is 78.6 cm³/mol. The molecule has 96 valence electrons. The number of hydrogen-bond donors (Lipinski definition) is 0. The van der Waals surface area contributed by atoms with E-state index in [0.717, 1.165) is 33.6 Å². The standard InChI is InChI=1S/C17H14N3/c1-18-16-14-8-3-2-6-12(14)11-20(16)15-10-13-7-4-5-9-19(13)17(15)18/h2-10H,11H2,1H3/q+1/i1D3. The highest BCUT2D eigenvalue weighted by Gasteiger charge is 2.32. The minimum Gasteiger partial charge on any atom is -0.249 e. The lowest BCUT2D eigenvalue weighted by atomic mass is 10.1. The third-order valence-corrected chi connectivity index (χ3v) is 4.19. The van der Waals surface area contributed by atoms with Crippen LogP contribution in [0.5, 0.6) is 0 Å². The van der Waals surface area contributed by atoms with Crippen molar-refractivity contribution in [3.63, 3.8) is 0 Å². The molecule has 0 aliphatic carbocycles. The number of nitrogens with zero attached hydrogens (tertiary/aromatic N) is 3. The van der Waals surface area contributed by atoms with Crippen LogP contribution in [0.25, 0.3) is 28.1 Å². The maximum absolute atomic E-state index is 8.07. The van der Waals surface area contributed by atoms with Gasteiger partial charge in [0, 0.05) is 6.07 Å². The molecule has 0 fully saturated rings. The monoisotopic (exact) mass is 263 g/mol. The Hall–Kier alpha value is -2.55. The summed E-state index contributed by atoms with van der Waals surface area (Å²) < 4.78 is 29.8. The van der Waals surface area contributed by atoms with Crippen LogP contribution in [0.2, 0.25) is 0 Å². The molecule has 1 aromatic carbocycles. The molecule has 0 N–H and O–H groups in total. The van der Waals surface area contributed by atoms with E-state index in [2.05, 4.69) is 16.7 Å². The molecule has 0 atom stereocenters. The highest BCUT2D eigenvalue weighted by Crippen LogP contribution is 2.33. The number of benzene rings is 1. The summed E-state index contributed by atoms with van der Waals surface area (Å²) >= 11 is 0. The van der Waals surface area contributed by atoms with Gasteiger partial charge in [0.05, 0.1) is 29.4 Å². The number of rotatable bonds is 0. The Morgan fingerprint density at radius 2 is 2.05 bits per heavy atom. The normalized spacial score (nSPS) is 15.9. The Balaban J connectivity index is 2.01. The molecule has 0 spiro atoms. The van der Waals surface area contributed by atoms with Crippen LogP contribution in [0.15, 0.2) is 54.7 Å². The molecule has 4 aromatic rings. The van der Waals surface area contributed by atoms with Gasteiger partial charge in [0.2, 0.25) is 5.82 Å². The van der Waals surface area contributed by atoms with Gasteiger partial charge >= 0.3 is 0 Å². The highest BCUT2D eigenvalue weighted by molar-refractivity contribution is 5.83. The van der Waals surface area contributed by atoms with E-state index in [-0.39, 0.29) is 0 Å². The fourth-order valence-corrected chi connectivity index (χ4v) is 3.32. The average Bonchev–Trinajstić information content (AvgIpc) is 3.13. The fraction of sp³-hybridized carbons (Fsp3) is 0.118. The number of hydrogen-bond acceptors (Lipinski definition) is 0. The van der Waals surface area contributed by atoms with Crippen LogP contribution in [-0.4, -0.2) is 8.97 Å². The smallest absolute Gasteiger partial charge is 0.249 e. The van der Waals surface area contributed by atoms with Crippen LogP contribution in [0.4, 0.5) is 0 Å². The minimum absolute atomic E-state index is 0.710. The van der Waals surface area contributed by atoms with Crippen LogP contribution in [0.1, 0.15) is 9.68 Å². The van der Waals surface area contributed by atoms with Crippen molar-refractivity contribution in [1.82, 2.24) is 8.97 Å².